The van der Waals surface area contributed by atoms with Crippen molar-refractivity contribution in [2.45, 2.75) is 12.2 Å². The van der Waals surface area contributed by atoms with Gasteiger partial charge in [0.25, 0.3) is 0 Å². The first-order valence-electron chi connectivity index (χ1n) is 5.35. The molecule has 2 aromatic carbocycles. The highest BCUT2D eigenvalue weighted by molar-refractivity contribution is 5.88. The number of hydrogen-bond donors (Lipinski definition) is 3. The summed E-state index contributed by atoms with van der Waals surface area (Å²) in [4.78, 5) is 10.9. The van der Waals surface area contributed by atoms with Gasteiger partial charge < -0.3 is 15.9 Å². The minimum absolute atomic E-state index is 0.262. The van der Waals surface area contributed by atoms with E-state index in [1.807, 2.05) is 0 Å². The van der Waals surface area contributed by atoms with Gasteiger partial charge in [0, 0.05) is 5.39 Å². The Morgan fingerprint density at radius 2 is 1.72 bits per heavy atom. The maximum Gasteiger partial charge on any atom is 0.249 e. The van der Waals surface area contributed by atoms with Crippen molar-refractivity contribution in [2.24, 2.45) is 5.73 Å². The van der Waals surface area contributed by atoms with Crippen molar-refractivity contribution >= 4 is 16.7 Å². The average Bonchev–Trinajstić information content (AvgIpc) is 2.38. The fraction of sp³-hybridized carbons (Fsp3) is 0.154. The Hall–Kier alpha value is -1.98. The van der Waals surface area contributed by atoms with Gasteiger partial charge in [0.1, 0.15) is 11.9 Å². The summed E-state index contributed by atoms with van der Waals surface area (Å²) in [5.41, 5.74) is 5.19. The Kier molecular flexibility index (Phi) is 3.27. The molecule has 2 unspecified atom stereocenters. The molecule has 94 valence electrons. The van der Waals surface area contributed by atoms with Crippen molar-refractivity contribution < 1.29 is 19.4 Å². The first-order valence-corrected chi connectivity index (χ1v) is 5.35. The zero-order valence-corrected chi connectivity index (χ0v) is 9.38. The second-order valence-corrected chi connectivity index (χ2v) is 3.97. The van der Waals surface area contributed by atoms with E-state index in [0.717, 1.165) is 0 Å². The Bertz CT molecular complexity index is 600. The average molecular weight is 249 g/mol. The van der Waals surface area contributed by atoms with Crippen LogP contribution in [0.4, 0.5) is 4.39 Å². The molecule has 1 amide bonds. The minimum atomic E-state index is -1.72. The molecule has 2 rings (SSSR count). The Morgan fingerprint density at radius 3 is 2.33 bits per heavy atom. The number of nitrogens with two attached hydrogens (primary N) is 1. The molecule has 0 aliphatic heterocycles. The van der Waals surface area contributed by atoms with Gasteiger partial charge in [-0.2, -0.15) is 0 Å². The maximum atomic E-state index is 13.6. The molecule has 4 N–H and O–H groups in total. The highest BCUT2D eigenvalue weighted by Gasteiger charge is 2.25. The van der Waals surface area contributed by atoms with Gasteiger partial charge in [-0.15, -0.1) is 0 Å². The van der Waals surface area contributed by atoms with Crippen LogP contribution in [0.25, 0.3) is 10.8 Å². The minimum Gasteiger partial charge on any atom is -0.385 e. The lowest BCUT2D eigenvalue weighted by Gasteiger charge is -2.17. The smallest absolute Gasteiger partial charge is 0.249 e. The van der Waals surface area contributed by atoms with Gasteiger partial charge in [-0.1, -0.05) is 30.3 Å². The van der Waals surface area contributed by atoms with Gasteiger partial charge in [0.15, 0.2) is 6.10 Å². The van der Waals surface area contributed by atoms with Gasteiger partial charge in [-0.05, 0) is 17.0 Å². The maximum absolute atomic E-state index is 13.6. The molecule has 0 aromatic heterocycles. The molecule has 2 atom stereocenters. The lowest BCUT2D eigenvalue weighted by atomic mass is 9.97. The van der Waals surface area contributed by atoms with Gasteiger partial charge in [0.05, 0.1) is 0 Å². The molecule has 0 radical (unpaired) electrons. The molecule has 5 heteroatoms. The number of halogens is 1. The number of aliphatic hydroxyl groups excluding tert-OH is 2. The summed E-state index contributed by atoms with van der Waals surface area (Å²) in [6.45, 7) is 0. The number of amides is 1. The number of carbonyl (C=O) groups excluding carboxylic acids is 1. The molecule has 0 heterocycles. The van der Waals surface area contributed by atoms with Crippen molar-refractivity contribution in [2.75, 3.05) is 0 Å². The molecule has 0 aliphatic carbocycles. The van der Waals surface area contributed by atoms with E-state index in [4.69, 9.17) is 5.73 Å². The molecule has 18 heavy (non-hydrogen) atoms. The summed E-state index contributed by atoms with van der Waals surface area (Å²) in [5, 5.41) is 20.1. The van der Waals surface area contributed by atoms with E-state index in [-0.39, 0.29) is 5.56 Å². The molecule has 4 nitrogen and oxygen atoms in total. The molecule has 0 aliphatic rings. The number of hydrogen-bond acceptors (Lipinski definition) is 3. The summed E-state index contributed by atoms with van der Waals surface area (Å²) in [6, 6.07) is 8.99. The first-order chi connectivity index (χ1) is 8.52. The second-order valence-electron chi connectivity index (χ2n) is 3.97. The van der Waals surface area contributed by atoms with E-state index in [1.54, 1.807) is 24.3 Å². The van der Waals surface area contributed by atoms with Crippen LogP contribution < -0.4 is 5.73 Å². The number of benzene rings is 2. The largest absolute Gasteiger partial charge is 0.385 e. The van der Waals surface area contributed by atoms with Crippen LogP contribution in [0.3, 0.4) is 0 Å². The zero-order valence-electron chi connectivity index (χ0n) is 9.38. The summed E-state index contributed by atoms with van der Waals surface area (Å²) in [7, 11) is 0. The van der Waals surface area contributed by atoms with E-state index in [2.05, 4.69) is 0 Å². The third-order valence-electron chi connectivity index (χ3n) is 2.81. The van der Waals surface area contributed by atoms with Crippen LogP contribution >= 0.6 is 0 Å². The molecular formula is C13H12FNO3. The summed E-state index contributed by atoms with van der Waals surface area (Å²) < 4.78 is 13.6. The third-order valence-corrected chi connectivity index (χ3v) is 2.81. The number of fused-ring (bicyclic) bond motifs is 1. The van der Waals surface area contributed by atoms with Crippen LogP contribution in [0, 0.1) is 5.82 Å². The van der Waals surface area contributed by atoms with Crippen molar-refractivity contribution in [1.82, 2.24) is 0 Å². The normalized spacial score (nSPS) is 14.4. The Balaban J connectivity index is 2.58. The SMILES string of the molecule is NC(=O)C(O)C(O)c1ccc(F)c2ccccc12. The van der Waals surface area contributed by atoms with E-state index in [0.29, 0.717) is 10.8 Å². The van der Waals surface area contributed by atoms with E-state index < -0.39 is 23.9 Å². The van der Waals surface area contributed by atoms with Crippen LogP contribution in [-0.2, 0) is 4.79 Å². The standard InChI is InChI=1S/C13H12FNO3/c14-10-6-5-9(11(16)12(17)13(15)18)7-3-1-2-4-8(7)10/h1-6,11-12,16-17H,(H2,15,18). The number of aliphatic hydroxyl groups is 2. The Morgan fingerprint density at radius 1 is 1.11 bits per heavy atom. The van der Waals surface area contributed by atoms with E-state index >= 15 is 0 Å². The van der Waals surface area contributed by atoms with Crippen LogP contribution in [0.15, 0.2) is 36.4 Å². The van der Waals surface area contributed by atoms with Gasteiger partial charge in [0.2, 0.25) is 5.91 Å². The number of primary amides is 1. The van der Waals surface area contributed by atoms with E-state index in [1.165, 1.54) is 12.1 Å². The highest BCUT2D eigenvalue weighted by atomic mass is 19.1. The van der Waals surface area contributed by atoms with Crippen LogP contribution in [-0.4, -0.2) is 22.2 Å². The molecule has 2 aromatic rings. The second kappa shape index (κ2) is 4.72. The van der Waals surface area contributed by atoms with Gasteiger partial charge in [-0.3, -0.25) is 4.79 Å². The number of carbonyl (C=O) groups is 1. The predicted octanol–water partition coefficient (Wildman–Crippen LogP) is 0.858. The van der Waals surface area contributed by atoms with Gasteiger partial charge in [-0.25, -0.2) is 4.39 Å². The van der Waals surface area contributed by atoms with Crippen LogP contribution in [0.5, 0.6) is 0 Å². The summed E-state index contributed by atoms with van der Waals surface area (Å²) in [6.07, 6.45) is -3.20. The van der Waals surface area contributed by atoms with Crippen molar-refractivity contribution in [3.05, 3.63) is 47.8 Å². The lowest BCUT2D eigenvalue weighted by Crippen LogP contribution is -2.33. The highest BCUT2D eigenvalue weighted by Crippen LogP contribution is 2.28. The monoisotopic (exact) mass is 249 g/mol. The van der Waals surface area contributed by atoms with Crippen LogP contribution in [0.2, 0.25) is 0 Å². The topological polar surface area (TPSA) is 83.6 Å². The summed E-state index contributed by atoms with van der Waals surface area (Å²) in [5.74, 6) is -1.47. The fourth-order valence-corrected chi connectivity index (χ4v) is 1.87. The quantitative estimate of drug-likeness (QED) is 0.754. The Labute approximate surface area is 102 Å². The predicted molar refractivity (Wildman–Crippen MR) is 64.1 cm³/mol. The molecule has 0 fully saturated rings. The third kappa shape index (κ3) is 2.05. The summed E-state index contributed by atoms with van der Waals surface area (Å²) >= 11 is 0. The van der Waals surface area contributed by atoms with Crippen molar-refractivity contribution in [3.63, 3.8) is 0 Å². The lowest BCUT2D eigenvalue weighted by molar-refractivity contribution is -0.131. The molecular weight excluding hydrogens is 237 g/mol. The zero-order chi connectivity index (χ0) is 13.3. The van der Waals surface area contributed by atoms with Crippen molar-refractivity contribution in [1.29, 1.82) is 0 Å². The molecule has 0 spiro atoms. The molecule has 0 bridgehead atoms. The van der Waals surface area contributed by atoms with E-state index in [9.17, 15) is 19.4 Å². The van der Waals surface area contributed by atoms with Gasteiger partial charge >= 0.3 is 0 Å². The van der Waals surface area contributed by atoms with Crippen molar-refractivity contribution in [3.8, 4) is 0 Å². The number of rotatable bonds is 3. The first kappa shape index (κ1) is 12.5. The molecule has 0 saturated carbocycles. The molecule has 0 saturated heterocycles. The van der Waals surface area contributed by atoms with Crippen LogP contribution in [0.1, 0.15) is 11.7 Å². The fourth-order valence-electron chi connectivity index (χ4n) is 1.87.